The molecule has 0 aliphatic carbocycles. The van der Waals surface area contributed by atoms with Crippen LogP contribution in [0.3, 0.4) is 0 Å². The first-order valence-electron chi connectivity index (χ1n) is 9.49. The number of piperazine rings is 1. The summed E-state index contributed by atoms with van der Waals surface area (Å²) in [6, 6.07) is 8.61. The molecule has 3 aromatic rings. The second-order valence-corrected chi connectivity index (χ2v) is 8.30. The van der Waals surface area contributed by atoms with Crippen LogP contribution in [0.15, 0.2) is 36.0 Å². The van der Waals surface area contributed by atoms with E-state index in [0.717, 1.165) is 42.2 Å². The number of rotatable bonds is 4. The van der Waals surface area contributed by atoms with Crippen molar-refractivity contribution < 1.29 is 4.79 Å². The molecule has 0 atom stereocenters. The van der Waals surface area contributed by atoms with Crippen molar-refractivity contribution in [1.82, 2.24) is 19.8 Å². The molecule has 1 saturated heterocycles. The SMILES string of the molecule is Cc1ccc(-c2csc3ncnc(N4CCN(CC(=O)N(C)C)CC4)c23)cc1. The van der Waals surface area contributed by atoms with E-state index in [1.807, 2.05) is 0 Å². The third kappa shape index (κ3) is 3.72. The zero-order chi connectivity index (χ0) is 19.7. The van der Waals surface area contributed by atoms with Gasteiger partial charge in [-0.2, -0.15) is 0 Å². The van der Waals surface area contributed by atoms with Crippen molar-refractivity contribution in [2.24, 2.45) is 0 Å². The minimum absolute atomic E-state index is 0.150. The molecule has 0 spiro atoms. The van der Waals surface area contributed by atoms with E-state index in [2.05, 4.69) is 56.3 Å². The molecule has 146 valence electrons. The molecule has 6 nitrogen and oxygen atoms in total. The van der Waals surface area contributed by atoms with Gasteiger partial charge in [-0.3, -0.25) is 9.69 Å². The van der Waals surface area contributed by atoms with E-state index in [9.17, 15) is 4.79 Å². The summed E-state index contributed by atoms with van der Waals surface area (Å²) in [6.07, 6.45) is 1.66. The van der Waals surface area contributed by atoms with Crippen LogP contribution < -0.4 is 4.90 Å². The van der Waals surface area contributed by atoms with Gasteiger partial charge in [0.05, 0.1) is 11.9 Å². The molecule has 0 bridgehead atoms. The first kappa shape index (κ1) is 18.8. The minimum Gasteiger partial charge on any atom is -0.353 e. The number of hydrogen-bond acceptors (Lipinski definition) is 6. The van der Waals surface area contributed by atoms with Gasteiger partial charge in [0.1, 0.15) is 17.0 Å². The van der Waals surface area contributed by atoms with Crippen molar-refractivity contribution in [2.45, 2.75) is 6.92 Å². The summed E-state index contributed by atoms with van der Waals surface area (Å²) in [7, 11) is 3.61. The van der Waals surface area contributed by atoms with Gasteiger partial charge in [0, 0.05) is 51.2 Å². The van der Waals surface area contributed by atoms with E-state index in [-0.39, 0.29) is 5.91 Å². The Morgan fingerprint density at radius 1 is 1.11 bits per heavy atom. The Kier molecular flexibility index (Phi) is 5.28. The normalized spacial score (nSPS) is 15.2. The van der Waals surface area contributed by atoms with Gasteiger partial charge >= 0.3 is 0 Å². The number of fused-ring (bicyclic) bond motifs is 1. The lowest BCUT2D eigenvalue weighted by molar-refractivity contribution is -0.129. The second-order valence-electron chi connectivity index (χ2n) is 7.44. The van der Waals surface area contributed by atoms with Crippen LogP contribution in [0.5, 0.6) is 0 Å². The Balaban J connectivity index is 1.59. The number of aryl methyl sites for hydroxylation is 1. The van der Waals surface area contributed by atoms with Gasteiger partial charge in [-0.15, -0.1) is 11.3 Å². The first-order valence-corrected chi connectivity index (χ1v) is 10.4. The highest BCUT2D eigenvalue weighted by Gasteiger charge is 2.23. The van der Waals surface area contributed by atoms with Crippen molar-refractivity contribution in [3.8, 4) is 11.1 Å². The van der Waals surface area contributed by atoms with Crippen molar-refractivity contribution in [3.63, 3.8) is 0 Å². The molecule has 2 aromatic heterocycles. The van der Waals surface area contributed by atoms with Gasteiger partial charge in [-0.25, -0.2) is 9.97 Å². The van der Waals surface area contributed by atoms with E-state index >= 15 is 0 Å². The molecule has 28 heavy (non-hydrogen) atoms. The summed E-state index contributed by atoms with van der Waals surface area (Å²) in [5.74, 6) is 1.15. The average molecular weight is 396 g/mol. The van der Waals surface area contributed by atoms with Crippen LogP contribution in [-0.2, 0) is 4.79 Å². The number of thiophene rings is 1. The molecule has 1 amide bonds. The maximum Gasteiger partial charge on any atom is 0.236 e. The Hall–Kier alpha value is -2.51. The Morgan fingerprint density at radius 3 is 2.50 bits per heavy atom. The molecule has 0 saturated carbocycles. The molecule has 7 heteroatoms. The molecule has 1 aliphatic rings. The third-order valence-electron chi connectivity index (χ3n) is 5.24. The van der Waals surface area contributed by atoms with Crippen molar-refractivity contribution in [1.29, 1.82) is 0 Å². The summed E-state index contributed by atoms with van der Waals surface area (Å²) in [4.78, 5) is 28.3. The Bertz CT molecular complexity index is 974. The number of anilines is 1. The number of aromatic nitrogens is 2. The van der Waals surface area contributed by atoms with E-state index in [1.165, 1.54) is 16.7 Å². The zero-order valence-corrected chi connectivity index (χ0v) is 17.4. The smallest absolute Gasteiger partial charge is 0.236 e. The predicted molar refractivity (Wildman–Crippen MR) is 115 cm³/mol. The van der Waals surface area contributed by atoms with Gasteiger partial charge in [0.25, 0.3) is 0 Å². The maximum absolute atomic E-state index is 12.0. The maximum atomic E-state index is 12.0. The molecule has 1 aromatic carbocycles. The Labute approximate surface area is 169 Å². The quantitative estimate of drug-likeness (QED) is 0.680. The highest BCUT2D eigenvalue weighted by Crippen LogP contribution is 2.38. The summed E-state index contributed by atoms with van der Waals surface area (Å²) >= 11 is 1.66. The van der Waals surface area contributed by atoms with E-state index in [1.54, 1.807) is 36.7 Å². The average Bonchev–Trinajstić information content (AvgIpc) is 3.13. The van der Waals surface area contributed by atoms with E-state index in [4.69, 9.17) is 0 Å². The molecule has 1 fully saturated rings. The van der Waals surface area contributed by atoms with Crippen LogP contribution in [0.2, 0.25) is 0 Å². The third-order valence-corrected chi connectivity index (χ3v) is 6.13. The van der Waals surface area contributed by atoms with Gasteiger partial charge in [0.2, 0.25) is 5.91 Å². The number of nitrogens with zero attached hydrogens (tertiary/aromatic N) is 5. The second kappa shape index (κ2) is 7.85. The Morgan fingerprint density at radius 2 is 1.82 bits per heavy atom. The summed E-state index contributed by atoms with van der Waals surface area (Å²) in [5.41, 5.74) is 3.65. The number of benzene rings is 1. The number of amides is 1. The first-order chi connectivity index (χ1) is 13.5. The molecule has 3 heterocycles. The minimum atomic E-state index is 0.150. The van der Waals surface area contributed by atoms with Crippen LogP contribution in [0, 0.1) is 6.92 Å². The van der Waals surface area contributed by atoms with Gasteiger partial charge in [-0.1, -0.05) is 29.8 Å². The molecule has 0 radical (unpaired) electrons. The largest absolute Gasteiger partial charge is 0.353 e. The number of carbonyl (C=O) groups is 1. The van der Waals surface area contributed by atoms with E-state index < -0.39 is 0 Å². The molecule has 0 N–H and O–H groups in total. The fourth-order valence-electron chi connectivity index (χ4n) is 3.50. The van der Waals surface area contributed by atoms with Crippen molar-refractivity contribution in [3.05, 3.63) is 41.5 Å². The summed E-state index contributed by atoms with van der Waals surface area (Å²) in [6.45, 7) is 6.01. The lowest BCUT2D eigenvalue weighted by Gasteiger charge is -2.35. The standard InChI is InChI=1S/C21H25N5OS/c1-15-4-6-16(7-5-15)17-13-28-21-19(17)20(22-14-23-21)26-10-8-25(9-11-26)12-18(27)24(2)3/h4-7,13-14H,8-12H2,1-3H3. The summed E-state index contributed by atoms with van der Waals surface area (Å²) in [5, 5.41) is 3.31. The van der Waals surface area contributed by atoms with Gasteiger partial charge in [-0.05, 0) is 12.5 Å². The molecular formula is C21H25N5OS. The number of carbonyl (C=O) groups excluding carboxylic acids is 1. The highest BCUT2D eigenvalue weighted by atomic mass is 32.1. The predicted octanol–water partition coefficient (Wildman–Crippen LogP) is 2.88. The fourth-order valence-corrected chi connectivity index (χ4v) is 4.41. The van der Waals surface area contributed by atoms with Crippen molar-refractivity contribution in [2.75, 3.05) is 51.7 Å². The lowest BCUT2D eigenvalue weighted by atomic mass is 10.0. The topological polar surface area (TPSA) is 52.6 Å². The molecule has 4 rings (SSSR count). The zero-order valence-electron chi connectivity index (χ0n) is 16.6. The molecule has 1 aliphatic heterocycles. The number of likely N-dealkylation sites (N-methyl/N-ethyl adjacent to an activating group) is 1. The van der Waals surface area contributed by atoms with Crippen LogP contribution >= 0.6 is 11.3 Å². The van der Waals surface area contributed by atoms with Gasteiger partial charge < -0.3 is 9.80 Å². The van der Waals surface area contributed by atoms with Crippen LogP contribution in [0.25, 0.3) is 21.3 Å². The molecule has 0 unspecified atom stereocenters. The van der Waals surface area contributed by atoms with Crippen LogP contribution in [0.4, 0.5) is 5.82 Å². The fraction of sp³-hybridized carbons (Fsp3) is 0.381. The molecular weight excluding hydrogens is 370 g/mol. The lowest BCUT2D eigenvalue weighted by Crippen LogP contribution is -2.49. The monoisotopic (exact) mass is 395 g/mol. The van der Waals surface area contributed by atoms with Crippen LogP contribution in [-0.4, -0.2) is 72.5 Å². The van der Waals surface area contributed by atoms with Crippen LogP contribution in [0.1, 0.15) is 5.56 Å². The van der Waals surface area contributed by atoms with Gasteiger partial charge in [0.15, 0.2) is 0 Å². The highest BCUT2D eigenvalue weighted by molar-refractivity contribution is 7.17. The number of hydrogen-bond donors (Lipinski definition) is 0. The van der Waals surface area contributed by atoms with Crippen molar-refractivity contribution >= 4 is 33.3 Å². The summed E-state index contributed by atoms with van der Waals surface area (Å²) < 4.78 is 0. The van der Waals surface area contributed by atoms with E-state index in [0.29, 0.717) is 6.54 Å².